The Balaban J connectivity index is 1.47. The Morgan fingerprint density at radius 3 is 2.33 bits per heavy atom. The molecule has 0 atom stereocenters. The summed E-state index contributed by atoms with van der Waals surface area (Å²) in [7, 11) is 4.23. The molecule has 0 saturated carbocycles. The molecule has 4 heterocycles. The zero-order valence-corrected chi connectivity index (χ0v) is 25.1. The molecule has 0 N–H and O–H groups in total. The molecule has 0 amide bonds. The molecule has 0 unspecified atom stereocenters. The van der Waals surface area contributed by atoms with Crippen molar-refractivity contribution in [2.45, 2.75) is 40.0 Å². The van der Waals surface area contributed by atoms with Crippen molar-refractivity contribution >= 4 is 38.5 Å². The number of fused-ring (bicyclic) bond motifs is 8. The fourth-order valence-corrected chi connectivity index (χ4v) is 6.48. The predicted molar refractivity (Wildman–Crippen MR) is 169 cm³/mol. The predicted octanol–water partition coefficient (Wildman–Crippen LogP) is 7.57. The van der Waals surface area contributed by atoms with Crippen LogP contribution in [0.4, 0.5) is 0 Å². The smallest absolute Gasteiger partial charge is 0.373 e. The fourth-order valence-electron chi connectivity index (χ4n) is 6.48. The first kappa shape index (κ1) is 26.1. The van der Waals surface area contributed by atoms with Crippen LogP contribution in [0.25, 0.3) is 38.5 Å². The molecule has 0 fully saturated rings. The Hall–Kier alpha value is -4.77. The van der Waals surface area contributed by atoms with Crippen LogP contribution in [0.15, 0.2) is 91.1 Å². The van der Waals surface area contributed by atoms with E-state index in [1.807, 2.05) is 12.3 Å². The lowest BCUT2D eigenvalue weighted by molar-refractivity contribution is -0.682. The maximum atomic E-state index is 6.69. The summed E-state index contributed by atoms with van der Waals surface area (Å²) in [4.78, 5) is 5.14. The zero-order chi connectivity index (χ0) is 29.1. The van der Waals surface area contributed by atoms with Crippen LogP contribution in [0.2, 0.25) is 0 Å². The van der Waals surface area contributed by atoms with Crippen LogP contribution in [0, 0.1) is 13.8 Å². The van der Waals surface area contributed by atoms with Gasteiger partial charge in [0.05, 0.1) is 42.0 Å². The molecule has 42 heavy (non-hydrogen) atoms. The third-order valence-corrected chi connectivity index (χ3v) is 8.84. The second-order valence-corrected chi connectivity index (χ2v) is 11.7. The minimum Gasteiger partial charge on any atom is -0.403 e. The molecule has 0 aliphatic rings. The summed E-state index contributed by atoms with van der Waals surface area (Å²) in [6.45, 7) is 8.84. The number of hydrogen-bond acceptors (Lipinski definition) is 2. The maximum absolute atomic E-state index is 6.69. The molecular formula is C37H36N4O+2. The van der Waals surface area contributed by atoms with Crippen molar-refractivity contribution in [1.82, 2.24) is 9.38 Å². The minimum atomic E-state index is 0.359. The number of aromatic nitrogens is 4. The highest BCUT2D eigenvalue weighted by atomic mass is 16.5. The highest BCUT2D eigenvalue weighted by molar-refractivity contribution is 6.13. The van der Waals surface area contributed by atoms with E-state index in [-0.39, 0.29) is 0 Å². The first-order valence-corrected chi connectivity index (χ1v) is 14.7. The van der Waals surface area contributed by atoms with Gasteiger partial charge in [-0.1, -0.05) is 62.4 Å². The molecule has 3 aromatic carbocycles. The number of imidazole rings is 1. The van der Waals surface area contributed by atoms with Gasteiger partial charge in [-0.05, 0) is 60.7 Å². The third kappa shape index (κ3) is 3.95. The molecule has 0 radical (unpaired) electrons. The summed E-state index contributed by atoms with van der Waals surface area (Å²) in [5, 5.41) is 2.32. The van der Waals surface area contributed by atoms with E-state index in [2.05, 4.69) is 134 Å². The van der Waals surface area contributed by atoms with E-state index in [4.69, 9.17) is 9.72 Å². The number of nitrogens with zero attached hydrogens (tertiary/aromatic N) is 4. The summed E-state index contributed by atoms with van der Waals surface area (Å²) in [5.74, 6) is 1.91. The molecule has 208 valence electrons. The van der Waals surface area contributed by atoms with Crippen molar-refractivity contribution in [3.8, 4) is 11.6 Å². The quantitative estimate of drug-likeness (QED) is 0.163. The van der Waals surface area contributed by atoms with Gasteiger partial charge in [0, 0.05) is 11.6 Å². The van der Waals surface area contributed by atoms with Gasteiger partial charge in [-0.25, -0.2) is 4.57 Å². The largest absolute Gasteiger partial charge is 0.403 e. The second-order valence-electron chi connectivity index (χ2n) is 11.7. The van der Waals surface area contributed by atoms with Gasteiger partial charge in [-0.15, -0.1) is 0 Å². The molecule has 0 spiro atoms. The van der Waals surface area contributed by atoms with Crippen molar-refractivity contribution in [1.29, 1.82) is 0 Å². The van der Waals surface area contributed by atoms with E-state index in [9.17, 15) is 0 Å². The van der Waals surface area contributed by atoms with Gasteiger partial charge < -0.3 is 4.74 Å². The number of pyridine rings is 3. The van der Waals surface area contributed by atoms with Crippen LogP contribution in [0.3, 0.4) is 0 Å². The average Bonchev–Trinajstić information content (AvgIpc) is 3.29. The van der Waals surface area contributed by atoms with E-state index in [1.54, 1.807) is 0 Å². The number of aryl methyl sites for hydroxylation is 3. The molecule has 5 heteroatoms. The van der Waals surface area contributed by atoms with E-state index >= 15 is 0 Å². The van der Waals surface area contributed by atoms with Crippen LogP contribution in [-0.2, 0) is 20.5 Å². The summed E-state index contributed by atoms with van der Waals surface area (Å²) in [5.41, 5.74) is 11.9. The molecule has 5 nitrogen and oxygen atoms in total. The van der Waals surface area contributed by atoms with Crippen molar-refractivity contribution in [2.75, 3.05) is 0 Å². The molecule has 7 aromatic rings. The molecular weight excluding hydrogens is 516 g/mol. The van der Waals surface area contributed by atoms with Gasteiger partial charge in [0.2, 0.25) is 0 Å². The monoisotopic (exact) mass is 552 g/mol. The maximum Gasteiger partial charge on any atom is 0.373 e. The molecule has 7 rings (SSSR count). The van der Waals surface area contributed by atoms with E-state index < -0.39 is 0 Å². The molecule has 4 aromatic heterocycles. The van der Waals surface area contributed by atoms with Crippen molar-refractivity contribution in [3.05, 3.63) is 119 Å². The van der Waals surface area contributed by atoms with Gasteiger partial charge in [0.15, 0.2) is 22.5 Å². The normalized spacial score (nSPS) is 11.9. The topological polar surface area (TPSA) is 34.3 Å². The van der Waals surface area contributed by atoms with Crippen LogP contribution in [-0.4, -0.2) is 9.38 Å². The summed E-state index contributed by atoms with van der Waals surface area (Å²) < 4.78 is 13.5. The van der Waals surface area contributed by atoms with E-state index in [0.29, 0.717) is 5.92 Å². The van der Waals surface area contributed by atoms with Crippen molar-refractivity contribution in [2.24, 2.45) is 14.1 Å². The van der Waals surface area contributed by atoms with Gasteiger partial charge in [-0.2, -0.15) is 8.97 Å². The van der Waals surface area contributed by atoms with Crippen LogP contribution < -0.4 is 13.9 Å². The average molecular weight is 553 g/mol. The van der Waals surface area contributed by atoms with Crippen molar-refractivity contribution in [3.63, 3.8) is 0 Å². The number of para-hydroxylation sites is 2. The molecule has 0 saturated heterocycles. The summed E-state index contributed by atoms with van der Waals surface area (Å²) in [6.07, 6.45) is 2.74. The first-order chi connectivity index (χ1) is 20.3. The first-order valence-electron chi connectivity index (χ1n) is 14.7. The Morgan fingerprint density at radius 2 is 1.52 bits per heavy atom. The Morgan fingerprint density at radius 1 is 0.786 bits per heavy atom. The van der Waals surface area contributed by atoms with Crippen molar-refractivity contribution < 1.29 is 13.9 Å². The lowest BCUT2D eigenvalue weighted by atomic mass is 9.95. The van der Waals surface area contributed by atoms with E-state index in [1.165, 1.54) is 44.3 Å². The molecule has 0 aliphatic carbocycles. The summed E-state index contributed by atoms with van der Waals surface area (Å²) in [6, 6.07) is 30.1. The van der Waals surface area contributed by atoms with E-state index in [0.717, 1.165) is 40.2 Å². The Kier molecular flexibility index (Phi) is 6.19. The number of hydrogen-bond donors (Lipinski definition) is 0. The SMILES string of the molecule is Cc1ccccc1Cc1cccc(Oc2cnc3c4c(C(C)C)cccc4n4c5ccccc5[n+](C)c4c3c2C)[n+]1C. The number of rotatable bonds is 5. The molecule has 0 bridgehead atoms. The van der Waals surface area contributed by atoms with Crippen LogP contribution in [0.5, 0.6) is 11.6 Å². The second kappa shape index (κ2) is 9.95. The number of benzene rings is 3. The standard InChI is InChI=1S/C37H36N4O/c1-23(2)28-16-12-19-31-35(28)36-34(37-40(6)29-17-9-10-18-30(29)41(31)37)25(4)32(22-38-36)42-33-20-11-15-27(39(33)5)21-26-14-8-7-13-24(26)3/h7-20,22-23H,21H2,1-6H3/q+2. The lowest BCUT2D eigenvalue weighted by Crippen LogP contribution is -2.35. The highest BCUT2D eigenvalue weighted by Gasteiger charge is 2.28. The Labute approximate surface area is 246 Å². The van der Waals surface area contributed by atoms with Gasteiger partial charge in [0.1, 0.15) is 12.6 Å². The highest BCUT2D eigenvalue weighted by Crippen LogP contribution is 2.39. The van der Waals surface area contributed by atoms with Gasteiger partial charge >= 0.3 is 5.88 Å². The molecule has 0 aliphatic heterocycles. The third-order valence-electron chi connectivity index (χ3n) is 8.84. The van der Waals surface area contributed by atoms with Crippen LogP contribution in [0.1, 0.15) is 47.7 Å². The van der Waals surface area contributed by atoms with Gasteiger partial charge in [0.25, 0.3) is 5.65 Å². The summed E-state index contributed by atoms with van der Waals surface area (Å²) >= 11 is 0. The van der Waals surface area contributed by atoms with Gasteiger partial charge in [-0.3, -0.25) is 4.98 Å². The fraction of sp³-hybridized carbons (Fsp3) is 0.216. The van der Waals surface area contributed by atoms with Crippen LogP contribution >= 0.6 is 0 Å². The minimum absolute atomic E-state index is 0.359. The lowest BCUT2D eigenvalue weighted by Gasteiger charge is -2.14. The Bertz CT molecular complexity index is 2170. The number of ether oxygens (including phenoxy) is 1. The zero-order valence-electron chi connectivity index (χ0n) is 25.1.